The number of ether oxygens (including phenoxy) is 3. The Bertz CT molecular complexity index is 1150. The van der Waals surface area contributed by atoms with Gasteiger partial charge in [-0.2, -0.15) is 0 Å². The number of hydrogen-bond donors (Lipinski definition) is 3. The highest BCUT2D eigenvalue weighted by molar-refractivity contribution is 6.31. The van der Waals surface area contributed by atoms with Crippen LogP contribution in [0.3, 0.4) is 0 Å². The number of hydrogen-bond acceptors (Lipinski definition) is 8. The summed E-state index contributed by atoms with van der Waals surface area (Å²) >= 11 is 0. The fraction of sp³-hybridized carbons (Fsp3) is 0.364. The Balaban J connectivity index is 1.79. The summed E-state index contributed by atoms with van der Waals surface area (Å²) in [6.07, 6.45) is -0.817. The fourth-order valence-electron chi connectivity index (χ4n) is 4.98. The van der Waals surface area contributed by atoms with Gasteiger partial charge in [-0.3, -0.25) is 9.59 Å². The van der Waals surface area contributed by atoms with E-state index in [0.717, 1.165) is 0 Å². The number of benzene rings is 2. The molecule has 1 fully saturated rings. The molecule has 30 heavy (non-hydrogen) atoms. The molecule has 1 heterocycles. The summed E-state index contributed by atoms with van der Waals surface area (Å²) in [4.78, 5) is 26.6. The van der Waals surface area contributed by atoms with Crippen molar-refractivity contribution in [3.63, 3.8) is 0 Å². The quantitative estimate of drug-likeness (QED) is 0.546. The molecular weight excluding hydrogens is 392 g/mol. The van der Waals surface area contributed by atoms with E-state index in [9.17, 15) is 24.9 Å². The molecule has 2 aromatic rings. The van der Waals surface area contributed by atoms with Gasteiger partial charge >= 0.3 is 0 Å². The molecule has 8 nitrogen and oxygen atoms in total. The van der Waals surface area contributed by atoms with Gasteiger partial charge in [0.05, 0.1) is 29.9 Å². The number of aromatic hydroxyl groups is 2. The van der Waals surface area contributed by atoms with E-state index < -0.39 is 40.6 Å². The molecular formula is C22H20O8. The maximum absolute atomic E-state index is 13.3. The summed E-state index contributed by atoms with van der Waals surface area (Å²) in [6.45, 7) is 1.57. The Hall–Kier alpha value is -2.94. The lowest BCUT2D eigenvalue weighted by Gasteiger charge is -2.37. The predicted octanol–water partition coefficient (Wildman–Crippen LogP) is 1.99. The van der Waals surface area contributed by atoms with Crippen LogP contribution in [0.4, 0.5) is 0 Å². The first kappa shape index (κ1) is 19.0. The minimum atomic E-state index is -1.47. The molecule has 0 aromatic heterocycles. The molecule has 0 spiro atoms. The smallest absolute Gasteiger partial charge is 0.202 e. The van der Waals surface area contributed by atoms with E-state index in [2.05, 4.69) is 0 Å². The van der Waals surface area contributed by atoms with Gasteiger partial charge in [0, 0.05) is 36.6 Å². The molecule has 1 aliphatic heterocycles. The second kappa shape index (κ2) is 5.81. The molecule has 156 valence electrons. The van der Waals surface area contributed by atoms with Crippen molar-refractivity contribution in [2.24, 2.45) is 0 Å². The summed E-state index contributed by atoms with van der Waals surface area (Å²) in [7, 11) is 2.77. The summed E-state index contributed by atoms with van der Waals surface area (Å²) < 4.78 is 16.5. The highest BCUT2D eigenvalue weighted by atomic mass is 16.7. The summed E-state index contributed by atoms with van der Waals surface area (Å²) in [6, 6.07) is 4.60. The Kier molecular flexibility index (Phi) is 3.69. The van der Waals surface area contributed by atoms with Crippen LogP contribution in [0.1, 0.15) is 62.4 Å². The first-order valence-corrected chi connectivity index (χ1v) is 9.50. The number of ketones is 2. The van der Waals surface area contributed by atoms with Crippen LogP contribution in [0.5, 0.6) is 17.2 Å². The van der Waals surface area contributed by atoms with E-state index in [1.54, 1.807) is 19.1 Å². The van der Waals surface area contributed by atoms with Crippen molar-refractivity contribution in [1.82, 2.24) is 0 Å². The number of aliphatic hydroxyl groups is 1. The number of fused-ring (bicyclic) bond motifs is 6. The van der Waals surface area contributed by atoms with Crippen molar-refractivity contribution < 1.29 is 39.1 Å². The number of phenolic OH excluding ortho intramolecular Hbond substituents is 2. The maximum atomic E-state index is 13.3. The Labute approximate surface area is 171 Å². The Morgan fingerprint density at radius 1 is 1.07 bits per heavy atom. The monoisotopic (exact) mass is 412 g/mol. The molecule has 0 radical (unpaired) electrons. The van der Waals surface area contributed by atoms with E-state index >= 15 is 0 Å². The molecule has 8 heteroatoms. The lowest BCUT2D eigenvalue weighted by Crippen LogP contribution is -2.51. The standard InChI is InChI=1S/C22H20O8/c1-21(29-3)22(27)7-10-14(12(8-22)30-21)20(26)16-15(18(10)24)17(23)9-5-4-6-11(28-2)13(9)19(16)25/h4-6,12,24,26-27H,7-8H2,1-3H3/t12-,21+,22+/m1/s1. The number of methoxy groups -OCH3 is 2. The van der Waals surface area contributed by atoms with Crippen molar-refractivity contribution in [1.29, 1.82) is 0 Å². The number of rotatable bonds is 2. The molecule has 3 N–H and O–H groups in total. The molecule has 1 saturated heterocycles. The van der Waals surface area contributed by atoms with E-state index in [1.807, 2.05) is 0 Å². The van der Waals surface area contributed by atoms with Gasteiger partial charge in [-0.15, -0.1) is 0 Å². The number of carbonyl (C=O) groups is 2. The van der Waals surface area contributed by atoms with Crippen LogP contribution in [-0.2, 0) is 15.9 Å². The van der Waals surface area contributed by atoms with Crippen LogP contribution < -0.4 is 4.74 Å². The van der Waals surface area contributed by atoms with Crippen molar-refractivity contribution in [2.75, 3.05) is 14.2 Å². The van der Waals surface area contributed by atoms with Crippen LogP contribution in [0.25, 0.3) is 0 Å². The minimum Gasteiger partial charge on any atom is -0.507 e. The molecule has 2 aromatic carbocycles. The largest absolute Gasteiger partial charge is 0.507 e. The van der Waals surface area contributed by atoms with Gasteiger partial charge in [0.1, 0.15) is 22.8 Å². The van der Waals surface area contributed by atoms with Gasteiger partial charge < -0.3 is 29.5 Å². The van der Waals surface area contributed by atoms with Crippen molar-refractivity contribution in [3.8, 4) is 17.2 Å². The average molecular weight is 412 g/mol. The third-order valence-corrected chi connectivity index (χ3v) is 6.68. The summed E-state index contributed by atoms with van der Waals surface area (Å²) in [5.74, 6) is -3.27. The van der Waals surface area contributed by atoms with Gasteiger partial charge in [-0.25, -0.2) is 0 Å². The van der Waals surface area contributed by atoms with Crippen molar-refractivity contribution >= 4 is 11.6 Å². The normalized spacial score (nSPS) is 28.7. The molecule has 0 saturated carbocycles. The SMILES string of the molecule is COc1cccc2c1C(=O)c1c(O)c3c(c(O)c1C2=O)C[C@]1(O)C[C@H]3O[C@]1(C)OC. The van der Waals surface area contributed by atoms with Crippen molar-refractivity contribution in [2.45, 2.75) is 37.3 Å². The molecule has 5 rings (SSSR count). The lowest BCUT2D eigenvalue weighted by atomic mass is 9.73. The van der Waals surface area contributed by atoms with Crippen LogP contribution in [-0.4, -0.2) is 52.5 Å². The van der Waals surface area contributed by atoms with Gasteiger partial charge in [0.2, 0.25) is 5.78 Å². The third kappa shape index (κ3) is 2.05. The number of phenols is 2. The van der Waals surface area contributed by atoms with Gasteiger partial charge in [0.25, 0.3) is 0 Å². The van der Waals surface area contributed by atoms with Crippen LogP contribution >= 0.6 is 0 Å². The summed E-state index contributed by atoms with van der Waals surface area (Å²) in [5, 5.41) is 33.3. The number of carbonyl (C=O) groups excluding carboxylic acids is 2. The highest BCUT2D eigenvalue weighted by Crippen LogP contribution is 2.58. The fourth-order valence-corrected chi connectivity index (χ4v) is 4.98. The zero-order valence-corrected chi connectivity index (χ0v) is 16.6. The maximum Gasteiger partial charge on any atom is 0.202 e. The summed E-state index contributed by atoms with van der Waals surface area (Å²) in [5.41, 5.74) is -1.55. The van der Waals surface area contributed by atoms with Gasteiger partial charge in [-0.05, 0) is 13.0 Å². The minimum absolute atomic E-state index is 0.0357. The van der Waals surface area contributed by atoms with E-state index in [-0.39, 0.29) is 52.0 Å². The molecule has 0 unspecified atom stereocenters. The first-order chi connectivity index (χ1) is 14.2. The molecule has 0 amide bonds. The predicted molar refractivity (Wildman–Crippen MR) is 102 cm³/mol. The van der Waals surface area contributed by atoms with E-state index in [4.69, 9.17) is 14.2 Å². The van der Waals surface area contributed by atoms with Gasteiger partial charge in [0.15, 0.2) is 11.6 Å². The second-order valence-electron chi connectivity index (χ2n) is 8.05. The molecule has 3 aliphatic rings. The van der Waals surface area contributed by atoms with Crippen LogP contribution in [0, 0.1) is 0 Å². The molecule has 3 atom stereocenters. The topological polar surface area (TPSA) is 123 Å². The molecule has 2 bridgehead atoms. The zero-order chi connectivity index (χ0) is 21.6. The van der Waals surface area contributed by atoms with E-state index in [0.29, 0.717) is 0 Å². The average Bonchev–Trinajstić information content (AvgIpc) is 2.93. The van der Waals surface area contributed by atoms with Crippen LogP contribution in [0.15, 0.2) is 18.2 Å². The van der Waals surface area contributed by atoms with E-state index in [1.165, 1.54) is 20.3 Å². The van der Waals surface area contributed by atoms with Crippen LogP contribution in [0.2, 0.25) is 0 Å². The zero-order valence-electron chi connectivity index (χ0n) is 16.6. The Morgan fingerprint density at radius 3 is 2.43 bits per heavy atom. The second-order valence-corrected chi connectivity index (χ2v) is 8.05. The highest BCUT2D eigenvalue weighted by Gasteiger charge is 2.62. The Morgan fingerprint density at radius 2 is 1.77 bits per heavy atom. The first-order valence-electron chi connectivity index (χ1n) is 9.50. The molecule has 2 aliphatic carbocycles. The van der Waals surface area contributed by atoms with Crippen molar-refractivity contribution in [3.05, 3.63) is 51.6 Å². The third-order valence-electron chi connectivity index (χ3n) is 6.68. The lowest BCUT2D eigenvalue weighted by molar-refractivity contribution is -0.264. The van der Waals surface area contributed by atoms with Gasteiger partial charge in [-0.1, -0.05) is 12.1 Å².